The molecule has 336 valence electrons. The molecular formula is C51H61N7O6. The van der Waals surface area contributed by atoms with Crippen molar-refractivity contribution in [1.82, 2.24) is 30.4 Å². The lowest BCUT2D eigenvalue weighted by Crippen LogP contribution is -2.53. The number of imidazole rings is 1. The van der Waals surface area contributed by atoms with Crippen LogP contribution in [0.3, 0.4) is 0 Å². The van der Waals surface area contributed by atoms with Crippen molar-refractivity contribution in [2.45, 2.75) is 116 Å². The molecule has 4 heterocycles. The van der Waals surface area contributed by atoms with Gasteiger partial charge in [-0.1, -0.05) is 83.4 Å². The molecule has 9 rings (SSSR count). The van der Waals surface area contributed by atoms with Gasteiger partial charge in [-0.05, 0) is 119 Å². The van der Waals surface area contributed by atoms with Crippen molar-refractivity contribution in [3.8, 4) is 22.3 Å². The molecule has 3 aliphatic heterocycles. The standard InChI is InChI=1S/C51H61N7O6/c1-29(2)44(55-49(61)63-5)47(59)57-22-10-12-42(57)41-26-33-24-31(14-18-38(33)52-41)34-16-17-35(37-28-51(27-36(34)37)20-8-7-9-21-51)32-15-19-39-40(25-32)54-46(53-39)43-13-11-23-58(43)48(60)45(30(3)4)56-50(62)64-6/h11,13-19,24-25,29-30,42-45H,7-10,12,20-23,26-28H2,1-6H3,(H,53,54)(H,55,61)(H,56,62)/t42-,43-,44?,45?/m0/s1. The van der Waals surface area contributed by atoms with Crippen molar-refractivity contribution in [3.63, 3.8) is 0 Å². The van der Waals surface area contributed by atoms with Crippen LogP contribution in [0.1, 0.15) is 101 Å². The minimum Gasteiger partial charge on any atom is -0.453 e. The topological polar surface area (TPSA) is 158 Å². The van der Waals surface area contributed by atoms with Gasteiger partial charge in [0.25, 0.3) is 0 Å². The molecule has 13 heteroatoms. The van der Waals surface area contributed by atoms with E-state index in [1.54, 1.807) is 4.90 Å². The van der Waals surface area contributed by atoms with Crippen LogP contribution >= 0.6 is 0 Å². The van der Waals surface area contributed by atoms with Gasteiger partial charge in [0.1, 0.15) is 23.9 Å². The minimum absolute atomic E-state index is 0.0857. The monoisotopic (exact) mass is 867 g/mol. The lowest BCUT2D eigenvalue weighted by atomic mass is 9.72. The highest BCUT2D eigenvalue weighted by Crippen LogP contribution is 2.52. The van der Waals surface area contributed by atoms with Gasteiger partial charge < -0.3 is 34.9 Å². The maximum Gasteiger partial charge on any atom is 0.407 e. The number of ether oxygens (including phenoxy) is 2. The number of hydrogen-bond acceptors (Lipinski definition) is 8. The number of nitrogens with one attached hydrogen (secondary N) is 3. The molecule has 0 bridgehead atoms. The zero-order valence-electron chi connectivity index (χ0n) is 38.0. The summed E-state index contributed by atoms with van der Waals surface area (Å²) in [5, 5.41) is 5.49. The molecule has 2 fully saturated rings. The number of aromatic amines is 1. The molecule has 3 N–H and O–H groups in total. The van der Waals surface area contributed by atoms with Crippen molar-refractivity contribution < 1.29 is 28.7 Å². The zero-order valence-corrected chi connectivity index (χ0v) is 38.0. The SMILES string of the molecule is COC(=O)NC(C(=O)N1CCC[C@H]1C1=Nc2ccc(-c3ccc(-c4ccc5nc([C@@H]6C=CCN6C(=O)C(NC(=O)OC)C(C)C)[nH]c5c4)c4c3CC3(CCCCC3)C4)cc2C1)C(C)C. The number of amides is 4. The predicted molar refractivity (Wildman–Crippen MR) is 247 cm³/mol. The van der Waals surface area contributed by atoms with Crippen LogP contribution in [0.4, 0.5) is 15.3 Å². The molecule has 4 amide bonds. The number of carbonyl (C=O) groups excluding carboxylic acids is 4. The first kappa shape index (κ1) is 43.3. The molecule has 64 heavy (non-hydrogen) atoms. The summed E-state index contributed by atoms with van der Waals surface area (Å²) in [7, 11) is 2.61. The minimum atomic E-state index is -0.729. The second-order valence-corrected chi connectivity index (χ2v) is 19.3. The number of aliphatic imine (C=N–C) groups is 1. The average molecular weight is 868 g/mol. The number of aromatic nitrogens is 2. The summed E-state index contributed by atoms with van der Waals surface area (Å²) in [4.78, 5) is 69.3. The van der Waals surface area contributed by atoms with Crippen LogP contribution in [-0.4, -0.2) is 94.9 Å². The van der Waals surface area contributed by atoms with Crippen LogP contribution in [0.2, 0.25) is 0 Å². The zero-order chi connectivity index (χ0) is 44.9. The van der Waals surface area contributed by atoms with E-state index in [2.05, 4.69) is 64.1 Å². The van der Waals surface area contributed by atoms with E-state index in [4.69, 9.17) is 19.5 Å². The van der Waals surface area contributed by atoms with E-state index in [0.29, 0.717) is 25.3 Å². The molecule has 1 saturated heterocycles. The Labute approximate surface area is 375 Å². The Bertz CT molecular complexity index is 2550. The van der Waals surface area contributed by atoms with Gasteiger partial charge in [-0.15, -0.1) is 0 Å². The maximum atomic E-state index is 13.9. The lowest BCUT2D eigenvalue weighted by Gasteiger charge is -2.33. The third-order valence-electron chi connectivity index (χ3n) is 14.5. The Kier molecular flexibility index (Phi) is 11.9. The Morgan fingerprint density at radius 1 is 0.781 bits per heavy atom. The molecule has 1 aromatic heterocycles. The van der Waals surface area contributed by atoms with Gasteiger partial charge in [0.15, 0.2) is 0 Å². The van der Waals surface area contributed by atoms with E-state index in [1.807, 2.05) is 44.7 Å². The molecule has 13 nitrogen and oxygen atoms in total. The fourth-order valence-corrected chi connectivity index (χ4v) is 11.1. The highest BCUT2D eigenvalue weighted by molar-refractivity contribution is 6.01. The Hall–Kier alpha value is -5.98. The summed E-state index contributed by atoms with van der Waals surface area (Å²) in [5.41, 5.74) is 12.9. The fourth-order valence-electron chi connectivity index (χ4n) is 11.1. The van der Waals surface area contributed by atoms with Crippen molar-refractivity contribution >= 4 is 46.4 Å². The number of benzene rings is 3. The van der Waals surface area contributed by atoms with Gasteiger partial charge in [0.2, 0.25) is 11.8 Å². The van der Waals surface area contributed by atoms with E-state index >= 15 is 0 Å². The third kappa shape index (κ3) is 8.06. The fraction of sp³-hybridized carbons (Fsp3) is 0.490. The molecule has 4 aromatic rings. The van der Waals surface area contributed by atoms with Crippen molar-refractivity contribution in [1.29, 1.82) is 0 Å². The van der Waals surface area contributed by atoms with E-state index in [-0.39, 0.29) is 41.1 Å². The van der Waals surface area contributed by atoms with E-state index in [1.165, 1.54) is 79.7 Å². The van der Waals surface area contributed by atoms with Crippen molar-refractivity contribution in [2.75, 3.05) is 27.3 Å². The molecule has 4 atom stereocenters. The van der Waals surface area contributed by atoms with Gasteiger partial charge in [-0.3, -0.25) is 14.6 Å². The summed E-state index contributed by atoms with van der Waals surface area (Å²) < 4.78 is 9.66. The molecule has 2 aliphatic carbocycles. The summed E-state index contributed by atoms with van der Waals surface area (Å²) >= 11 is 0. The number of likely N-dealkylation sites (tertiary alicyclic amines) is 1. The summed E-state index contributed by atoms with van der Waals surface area (Å²) in [5.74, 6) is 0.192. The number of alkyl carbamates (subject to hydrolysis) is 2. The first-order chi connectivity index (χ1) is 30.9. The molecule has 5 aliphatic rings. The van der Waals surface area contributed by atoms with Crippen molar-refractivity contribution in [2.24, 2.45) is 22.2 Å². The maximum absolute atomic E-state index is 13.9. The van der Waals surface area contributed by atoms with Crippen LogP contribution in [0.15, 0.2) is 65.7 Å². The van der Waals surface area contributed by atoms with Gasteiger partial charge in [-0.25, -0.2) is 14.6 Å². The summed E-state index contributed by atoms with van der Waals surface area (Å²) in [6.07, 6.45) is 13.6. The normalized spacial score (nSPS) is 20.7. The van der Waals surface area contributed by atoms with Crippen LogP contribution < -0.4 is 10.6 Å². The number of hydrogen-bond donors (Lipinski definition) is 3. The number of nitrogens with zero attached hydrogens (tertiary/aromatic N) is 4. The summed E-state index contributed by atoms with van der Waals surface area (Å²) in [6, 6.07) is 15.9. The second-order valence-electron chi connectivity index (χ2n) is 19.3. The Morgan fingerprint density at radius 2 is 1.41 bits per heavy atom. The lowest BCUT2D eigenvalue weighted by molar-refractivity contribution is -0.135. The quantitative estimate of drug-likeness (QED) is 0.135. The van der Waals surface area contributed by atoms with Crippen molar-refractivity contribution in [3.05, 3.63) is 83.2 Å². The Balaban J connectivity index is 0.989. The van der Waals surface area contributed by atoms with E-state index < -0.39 is 24.3 Å². The number of fused-ring (bicyclic) bond motifs is 3. The molecule has 0 radical (unpaired) electrons. The molecule has 3 aromatic carbocycles. The smallest absolute Gasteiger partial charge is 0.407 e. The van der Waals surface area contributed by atoms with Gasteiger partial charge in [-0.2, -0.15) is 0 Å². The number of H-pyrrole nitrogens is 1. The van der Waals surface area contributed by atoms with Gasteiger partial charge in [0, 0.05) is 25.2 Å². The highest BCUT2D eigenvalue weighted by Gasteiger charge is 2.42. The number of rotatable bonds is 10. The highest BCUT2D eigenvalue weighted by atomic mass is 16.5. The molecule has 1 spiro atoms. The molecular weight excluding hydrogens is 807 g/mol. The average Bonchev–Trinajstić information content (AvgIpc) is 4.15. The van der Waals surface area contributed by atoms with E-state index in [9.17, 15) is 19.2 Å². The van der Waals surface area contributed by atoms with Crippen LogP contribution in [0.25, 0.3) is 33.3 Å². The van der Waals surface area contributed by atoms with E-state index in [0.717, 1.165) is 53.7 Å². The molecule has 1 saturated carbocycles. The van der Waals surface area contributed by atoms with Crippen LogP contribution in [0.5, 0.6) is 0 Å². The first-order valence-electron chi connectivity index (χ1n) is 23.2. The molecule has 2 unspecified atom stereocenters. The third-order valence-corrected chi connectivity index (χ3v) is 14.5. The van der Waals surface area contributed by atoms with Crippen LogP contribution in [-0.2, 0) is 38.3 Å². The van der Waals surface area contributed by atoms with Gasteiger partial charge in [0.05, 0.1) is 37.0 Å². The predicted octanol–water partition coefficient (Wildman–Crippen LogP) is 8.77. The first-order valence-corrected chi connectivity index (χ1v) is 23.2. The second kappa shape index (κ2) is 17.5. The number of methoxy groups -OCH3 is 2. The summed E-state index contributed by atoms with van der Waals surface area (Å²) in [6.45, 7) is 8.75. The largest absolute Gasteiger partial charge is 0.453 e. The van der Waals surface area contributed by atoms with Crippen LogP contribution in [0, 0.1) is 17.3 Å². The van der Waals surface area contributed by atoms with Gasteiger partial charge >= 0.3 is 12.2 Å². The number of carbonyl (C=O) groups is 4. The Morgan fingerprint density at radius 3 is 2.05 bits per heavy atom.